The van der Waals surface area contributed by atoms with E-state index in [9.17, 15) is 4.79 Å². The first-order chi connectivity index (χ1) is 5.63. The van der Waals surface area contributed by atoms with E-state index in [1.54, 1.807) is 0 Å². The minimum atomic E-state index is -0.172. The van der Waals surface area contributed by atoms with Gasteiger partial charge in [0.15, 0.2) is 0 Å². The van der Waals surface area contributed by atoms with Crippen LogP contribution in [0.15, 0.2) is 0 Å². The molecule has 0 saturated carbocycles. The third kappa shape index (κ3) is 3.24. The van der Waals surface area contributed by atoms with Crippen molar-refractivity contribution < 1.29 is 4.79 Å². The Bertz CT molecular complexity index is 183. The van der Waals surface area contributed by atoms with Crippen LogP contribution in [0.1, 0.15) is 20.8 Å². The smallest absolute Gasteiger partial charge is 0.318 e. The second kappa shape index (κ2) is 5.42. The van der Waals surface area contributed by atoms with E-state index in [1.807, 2.05) is 26.8 Å². The molecule has 1 N–H and O–H groups in total. The fraction of sp³-hybridized carbons (Fsp3) is 0.750. The van der Waals surface area contributed by atoms with Gasteiger partial charge in [-0.3, -0.25) is 0 Å². The number of carbonyl (C=O) groups is 1. The topological polar surface area (TPSA) is 56.1 Å². The van der Waals surface area contributed by atoms with Crippen LogP contribution in [0.3, 0.4) is 0 Å². The summed E-state index contributed by atoms with van der Waals surface area (Å²) in [7, 11) is 0. The Morgan fingerprint density at radius 1 is 1.67 bits per heavy atom. The van der Waals surface area contributed by atoms with Gasteiger partial charge in [-0.05, 0) is 20.8 Å². The van der Waals surface area contributed by atoms with Crippen molar-refractivity contribution in [2.75, 3.05) is 13.1 Å². The van der Waals surface area contributed by atoms with E-state index in [4.69, 9.17) is 5.26 Å². The lowest BCUT2D eigenvalue weighted by Crippen LogP contribution is -2.44. The number of rotatable bonds is 3. The van der Waals surface area contributed by atoms with Gasteiger partial charge < -0.3 is 10.2 Å². The quantitative estimate of drug-likeness (QED) is 0.639. The molecule has 0 aromatic heterocycles. The highest BCUT2D eigenvalue weighted by Crippen LogP contribution is 1.96. The van der Waals surface area contributed by atoms with Gasteiger partial charge in [0.25, 0.3) is 0 Å². The zero-order valence-electron chi connectivity index (χ0n) is 7.79. The number of urea groups is 1. The van der Waals surface area contributed by atoms with E-state index < -0.39 is 0 Å². The van der Waals surface area contributed by atoms with Crippen molar-refractivity contribution in [1.82, 2.24) is 10.2 Å². The van der Waals surface area contributed by atoms with Gasteiger partial charge in [-0.15, -0.1) is 0 Å². The molecule has 0 aromatic rings. The first-order valence-corrected chi connectivity index (χ1v) is 4.04. The van der Waals surface area contributed by atoms with Crippen molar-refractivity contribution in [2.45, 2.75) is 26.8 Å². The van der Waals surface area contributed by atoms with Crippen LogP contribution in [0.5, 0.6) is 0 Å². The second-order valence-corrected chi connectivity index (χ2v) is 2.72. The maximum atomic E-state index is 11.2. The standard InChI is InChI=1S/C8H15N3O/c1-4-10-8(12)11(6-5-9)7(2)3/h7H,4,6H2,1-3H3,(H,10,12). The van der Waals surface area contributed by atoms with Gasteiger partial charge >= 0.3 is 6.03 Å². The summed E-state index contributed by atoms with van der Waals surface area (Å²) in [5.74, 6) is 0. The molecular formula is C8H15N3O. The highest BCUT2D eigenvalue weighted by molar-refractivity contribution is 5.74. The molecule has 0 bridgehead atoms. The van der Waals surface area contributed by atoms with Gasteiger partial charge in [-0.25, -0.2) is 4.79 Å². The Morgan fingerprint density at radius 3 is 2.58 bits per heavy atom. The number of hydrogen-bond donors (Lipinski definition) is 1. The Hall–Kier alpha value is -1.24. The van der Waals surface area contributed by atoms with Crippen LogP contribution in [0.2, 0.25) is 0 Å². The Kier molecular flexibility index (Phi) is 4.86. The first kappa shape index (κ1) is 10.8. The maximum Gasteiger partial charge on any atom is 0.318 e. The van der Waals surface area contributed by atoms with Gasteiger partial charge in [0.1, 0.15) is 6.54 Å². The van der Waals surface area contributed by atoms with Gasteiger partial charge in [0.05, 0.1) is 6.07 Å². The Balaban J connectivity index is 4.11. The van der Waals surface area contributed by atoms with E-state index in [0.717, 1.165) is 0 Å². The molecule has 68 valence electrons. The molecule has 0 radical (unpaired) electrons. The van der Waals surface area contributed by atoms with E-state index in [2.05, 4.69) is 5.32 Å². The van der Waals surface area contributed by atoms with E-state index in [0.29, 0.717) is 6.54 Å². The lowest BCUT2D eigenvalue weighted by molar-refractivity contribution is 0.192. The lowest BCUT2D eigenvalue weighted by atomic mass is 10.3. The molecular weight excluding hydrogens is 154 g/mol. The van der Waals surface area contributed by atoms with Crippen LogP contribution in [-0.2, 0) is 0 Å². The third-order valence-corrected chi connectivity index (χ3v) is 1.45. The molecule has 0 aliphatic heterocycles. The summed E-state index contributed by atoms with van der Waals surface area (Å²) < 4.78 is 0. The average Bonchev–Trinajstić information content (AvgIpc) is 1.99. The summed E-state index contributed by atoms with van der Waals surface area (Å²) in [5, 5.41) is 11.1. The van der Waals surface area contributed by atoms with E-state index in [1.165, 1.54) is 4.90 Å². The van der Waals surface area contributed by atoms with Crippen molar-refractivity contribution in [3.05, 3.63) is 0 Å². The second-order valence-electron chi connectivity index (χ2n) is 2.72. The van der Waals surface area contributed by atoms with Crippen molar-refractivity contribution in [3.63, 3.8) is 0 Å². The van der Waals surface area contributed by atoms with E-state index in [-0.39, 0.29) is 18.6 Å². The molecule has 12 heavy (non-hydrogen) atoms. The third-order valence-electron chi connectivity index (χ3n) is 1.45. The van der Waals surface area contributed by atoms with Gasteiger partial charge in [0, 0.05) is 12.6 Å². The van der Waals surface area contributed by atoms with Crippen LogP contribution >= 0.6 is 0 Å². The number of carbonyl (C=O) groups excluding carboxylic acids is 1. The largest absolute Gasteiger partial charge is 0.338 e. The minimum absolute atomic E-state index is 0.0659. The molecule has 2 amide bonds. The highest BCUT2D eigenvalue weighted by Gasteiger charge is 2.14. The van der Waals surface area contributed by atoms with Gasteiger partial charge in [-0.2, -0.15) is 5.26 Å². The van der Waals surface area contributed by atoms with Crippen LogP contribution in [-0.4, -0.2) is 30.1 Å². The molecule has 0 heterocycles. The van der Waals surface area contributed by atoms with Crippen molar-refractivity contribution >= 4 is 6.03 Å². The van der Waals surface area contributed by atoms with Crippen molar-refractivity contribution in [1.29, 1.82) is 5.26 Å². The number of nitriles is 1. The summed E-state index contributed by atoms with van der Waals surface area (Å²) in [6, 6.07) is 1.85. The fourth-order valence-corrected chi connectivity index (χ4v) is 0.818. The number of hydrogen-bond acceptors (Lipinski definition) is 2. The molecule has 0 unspecified atom stereocenters. The van der Waals surface area contributed by atoms with Crippen LogP contribution in [0.25, 0.3) is 0 Å². The fourth-order valence-electron chi connectivity index (χ4n) is 0.818. The van der Waals surface area contributed by atoms with Gasteiger partial charge in [-0.1, -0.05) is 0 Å². The normalized spacial score (nSPS) is 9.25. The summed E-state index contributed by atoms with van der Waals surface area (Å²) >= 11 is 0. The molecule has 0 fully saturated rings. The summed E-state index contributed by atoms with van der Waals surface area (Å²) in [6.45, 7) is 6.35. The molecule has 0 spiro atoms. The monoisotopic (exact) mass is 169 g/mol. The summed E-state index contributed by atoms with van der Waals surface area (Å²) in [6.07, 6.45) is 0. The maximum absolute atomic E-state index is 11.2. The average molecular weight is 169 g/mol. The lowest BCUT2D eigenvalue weighted by Gasteiger charge is -2.23. The zero-order chi connectivity index (χ0) is 9.56. The number of amides is 2. The molecule has 0 atom stereocenters. The molecule has 0 saturated heterocycles. The first-order valence-electron chi connectivity index (χ1n) is 4.04. The minimum Gasteiger partial charge on any atom is -0.338 e. The molecule has 0 aromatic carbocycles. The van der Waals surface area contributed by atoms with Crippen LogP contribution < -0.4 is 5.32 Å². The van der Waals surface area contributed by atoms with Gasteiger partial charge in [0.2, 0.25) is 0 Å². The highest BCUT2D eigenvalue weighted by atomic mass is 16.2. The summed E-state index contributed by atoms with van der Waals surface area (Å²) in [4.78, 5) is 12.7. The Morgan fingerprint density at radius 2 is 2.25 bits per heavy atom. The number of nitrogens with one attached hydrogen (secondary N) is 1. The van der Waals surface area contributed by atoms with Crippen molar-refractivity contribution in [2.24, 2.45) is 0 Å². The predicted octanol–water partition coefficient (Wildman–Crippen LogP) is 0.950. The number of nitrogens with zero attached hydrogens (tertiary/aromatic N) is 2. The predicted molar refractivity (Wildman–Crippen MR) is 46.5 cm³/mol. The van der Waals surface area contributed by atoms with E-state index >= 15 is 0 Å². The molecule has 4 nitrogen and oxygen atoms in total. The van der Waals surface area contributed by atoms with Crippen LogP contribution in [0, 0.1) is 11.3 Å². The molecule has 0 aliphatic rings. The Labute approximate surface area is 73.2 Å². The zero-order valence-corrected chi connectivity index (χ0v) is 7.79. The van der Waals surface area contributed by atoms with Crippen molar-refractivity contribution in [3.8, 4) is 6.07 Å². The molecule has 0 rings (SSSR count). The van der Waals surface area contributed by atoms with Crippen LogP contribution in [0.4, 0.5) is 4.79 Å². The molecule has 4 heteroatoms. The SMILES string of the molecule is CCNC(=O)N(CC#N)C(C)C. The summed E-state index contributed by atoms with van der Waals surface area (Å²) in [5.41, 5.74) is 0. The molecule has 0 aliphatic carbocycles.